The van der Waals surface area contributed by atoms with Crippen molar-refractivity contribution in [2.75, 3.05) is 19.6 Å². The zero-order valence-electron chi connectivity index (χ0n) is 11.3. The summed E-state index contributed by atoms with van der Waals surface area (Å²) in [5, 5.41) is 3.42. The predicted octanol–water partition coefficient (Wildman–Crippen LogP) is 2.64. The first-order valence-electron chi connectivity index (χ1n) is 7.11. The van der Waals surface area contributed by atoms with Crippen molar-refractivity contribution in [2.45, 2.75) is 65.0 Å². The van der Waals surface area contributed by atoms with E-state index in [4.69, 9.17) is 0 Å². The third-order valence-electron chi connectivity index (χ3n) is 4.56. The Balaban J connectivity index is 2.04. The van der Waals surface area contributed by atoms with Crippen LogP contribution in [0.2, 0.25) is 0 Å². The first kappa shape index (κ1) is 12.4. The minimum absolute atomic E-state index is 0.531. The topological polar surface area (TPSA) is 15.3 Å². The summed E-state index contributed by atoms with van der Waals surface area (Å²) in [6, 6.07) is 1.65. The summed E-state index contributed by atoms with van der Waals surface area (Å²) in [6.07, 6.45) is 7.01. The molecule has 1 N–H and O–H groups in total. The summed E-state index contributed by atoms with van der Waals surface area (Å²) in [6.45, 7) is 11.0. The van der Waals surface area contributed by atoms with Crippen LogP contribution < -0.4 is 5.32 Å². The van der Waals surface area contributed by atoms with E-state index in [0.29, 0.717) is 5.41 Å². The van der Waals surface area contributed by atoms with Crippen LogP contribution in [0.3, 0.4) is 0 Å². The van der Waals surface area contributed by atoms with Gasteiger partial charge in [0.25, 0.3) is 0 Å². The van der Waals surface area contributed by atoms with E-state index in [2.05, 4.69) is 31.0 Å². The zero-order valence-corrected chi connectivity index (χ0v) is 11.3. The first-order chi connectivity index (χ1) is 7.65. The lowest BCUT2D eigenvalue weighted by atomic mass is 9.72. The summed E-state index contributed by atoms with van der Waals surface area (Å²) in [7, 11) is 0. The van der Waals surface area contributed by atoms with Crippen molar-refractivity contribution in [3.05, 3.63) is 0 Å². The number of hydrogen-bond acceptors (Lipinski definition) is 2. The third kappa shape index (κ3) is 2.43. The standard InChI is InChI=1S/C14H28N2/c1-4-9-16(12-10-15-11-12)13-7-5-6-8-14(13,2)3/h12-13,15H,4-11H2,1-3H3. The lowest BCUT2D eigenvalue weighted by Crippen LogP contribution is -2.63. The summed E-state index contributed by atoms with van der Waals surface area (Å²) in [5.41, 5.74) is 0.531. The van der Waals surface area contributed by atoms with Crippen molar-refractivity contribution in [3.63, 3.8) is 0 Å². The van der Waals surface area contributed by atoms with Crippen LogP contribution in [0.15, 0.2) is 0 Å². The van der Waals surface area contributed by atoms with Gasteiger partial charge in [0.1, 0.15) is 0 Å². The monoisotopic (exact) mass is 224 g/mol. The molecule has 1 aliphatic carbocycles. The number of hydrogen-bond donors (Lipinski definition) is 1. The highest BCUT2D eigenvalue weighted by Gasteiger charge is 2.39. The second kappa shape index (κ2) is 5.05. The molecule has 1 unspecified atom stereocenters. The molecule has 0 spiro atoms. The van der Waals surface area contributed by atoms with Crippen LogP contribution in [0.25, 0.3) is 0 Å². The second-order valence-electron chi connectivity index (χ2n) is 6.30. The maximum Gasteiger partial charge on any atom is 0.0348 e. The van der Waals surface area contributed by atoms with Gasteiger partial charge in [-0.25, -0.2) is 0 Å². The summed E-state index contributed by atoms with van der Waals surface area (Å²) >= 11 is 0. The van der Waals surface area contributed by atoms with Crippen molar-refractivity contribution in [1.82, 2.24) is 10.2 Å². The van der Waals surface area contributed by atoms with Gasteiger partial charge in [-0.05, 0) is 31.2 Å². The summed E-state index contributed by atoms with van der Waals surface area (Å²) < 4.78 is 0. The van der Waals surface area contributed by atoms with E-state index in [-0.39, 0.29) is 0 Å². The van der Waals surface area contributed by atoms with Gasteiger partial charge in [-0.15, -0.1) is 0 Å². The lowest BCUT2D eigenvalue weighted by Gasteiger charge is -2.51. The fourth-order valence-electron chi connectivity index (χ4n) is 3.45. The molecule has 1 saturated heterocycles. The molecule has 0 radical (unpaired) electrons. The van der Waals surface area contributed by atoms with Crippen LogP contribution in [0, 0.1) is 5.41 Å². The van der Waals surface area contributed by atoms with Gasteiger partial charge in [0.2, 0.25) is 0 Å². The van der Waals surface area contributed by atoms with E-state index in [1.807, 2.05) is 0 Å². The van der Waals surface area contributed by atoms with E-state index in [1.54, 1.807) is 0 Å². The average Bonchev–Trinajstić information content (AvgIpc) is 2.14. The van der Waals surface area contributed by atoms with Gasteiger partial charge < -0.3 is 5.32 Å². The molecule has 1 saturated carbocycles. The van der Waals surface area contributed by atoms with E-state index < -0.39 is 0 Å². The van der Waals surface area contributed by atoms with Crippen LogP contribution in [0.4, 0.5) is 0 Å². The molecule has 1 heterocycles. The van der Waals surface area contributed by atoms with Gasteiger partial charge in [0.15, 0.2) is 0 Å². The molecule has 16 heavy (non-hydrogen) atoms. The minimum atomic E-state index is 0.531. The quantitative estimate of drug-likeness (QED) is 0.790. The molecule has 2 nitrogen and oxygen atoms in total. The van der Waals surface area contributed by atoms with Crippen LogP contribution in [0.1, 0.15) is 52.9 Å². The SMILES string of the molecule is CCCN(C1CNC1)C1CCCCC1(C)C. The smallest absolute Gasteiger partial charge is 0.0348 e. The van der Waals surface area contributed by atoms with Crippen molar-refractivity contribution >= 4 is 0 Å². The molecule has 0 amide bonds. The van der Waals surface area contributed by atoms with Crippen molar-refractivity contribution < 1.29 is 0 Å². The fourth-order valence-corrected chi connectivity index (χ4v) is 3.45. The maximum atomic E-state index is 3.42. The Morgan fingerprint density at radius 3 is 2.50 bits per heavy atom. The lowest BCUT2D eigenvalue weighted by molar-refractivity contribution is 0.00204. The molecule has 1 atom stereocenters. The number of rotatable bonds is 4. The van der Waals surface area contributed by atoms with Crippen LogP contribution >= 0.6 is 0 Å². The average molecular weight is 224 g/mol. The highest BCUT2D eigenvalue weighted by Crippen LogP contribution is 2.39. The second-order valence-corrected chi connectivity index (χ2v) is 6.30. The van der Waals surface area contributed by atoms with Gasteiger partial charge in [-0.1, -0.05) is 33.6 Å². The Labute approximate surface area is 101 Å². The number of nitrogens with one attached hydrogen (secondary N) is 1. The van der Waals surface area contributed by atoms with E-state index in [9.17, 15) is 0 Å². The summed E-state index contributed by atoms with van der Waals surface area (Å²) in [4.78, 5) is 2.82. The highest BCUT2D eigenvalue weighted by atomic mass is 15.3. The molecule has 2 heteroatoms. The summed E-state index contributed by atoms with van der Waals surface area (Å²) in [5.74, 6) is 0. The molecular formula is C14H28N2. The molecule has 2 aliphatic rings. The predicted molar refractivity (Wildman–Crippen MR) is 69.7 cm³/mol. The minimum Gasteiger partial charge on any atom is -0.314 e. The van der Waals surface area contributed by atoms with Crippen molar-refractivity contribution in [3.8, 4) is 0 Å². The van der Waals surface area contributed by atoms with Crippen LogP contribution in [-0.4, -0.2) is 36.6 Å². The Bertz CT molecular complexity index is 221. The zero-order chi connectivity index (χ0) is 11.6. The Kier molecular flexibility index (Phi) is 3.91. The van der Waals surface area contributed by atoms with Gasteiger partial charge >= 0.3 is 0 Å². The molecule has 94 valence electrons. The molecular weight excluding hydrogens is 196 g/mol. The van der Waals surface area contributed by atoms with Gasteiger partial charge in [0.05, 0.1) is 0 Å². The Hall–Kier alpha value is -0.0800. The van der Waals surface area contributed by atoms with Crippen LogP contribution in [0.5, 0.6) is 0 Å². The van der Waals surface area contributed by atoms with Gasteiger partial charge in [-0.3, -0.25) is 4.90 Å². The highest BCUT2D eigenvalue weighted by molar-refractivity contribution is 4.95. The normalized spacial score (nSPS) is 30.4. The number of nitrogens with zero attached hydrogens (tertiary/aromatic N) is 1. The Morgan fingerprint density at radius 1 is 1.25 bits per heavy atom. The van der Waals surface area contributed by atoms with Crippen molar-refractivity contribution in [2.24, 2.45) is 5.41 Å². The molecule has 0 aromatic carbocycles. The Morgan fingerprint density at radius 2 is 2.00 bits per heavy atom. The van der Waals surface area contributed by atoms with E-state index >= 15 is 0 Å². The maximum absolute atomic E-state index is 3.42. The van der Waals surface area contributed by atoms with Crippen LogP contribution in [-0.2, 0) is 0 Å². The van der Waals surface area contributed by atoms with Gasteiger partial charge in [0, 0.05) is 25.2 Å². The molecule has 2 fully saturated rings. The third-order valence-corrected chi connectivity index (χ3v) is 4.56. The van der Waals surface area contributed by atoms with Gasteiger partial charge in [-0.2, -0.15) is 0 Å². The van der Waals surface area contributed by atoms with E-state index in [1.165, 1.54) is 51.7 Å². The molecule has 0 aromatic heterocycles. The first-order valence-corrected chi connectivity index (χ1v) is 7.11. The molecule has 2 rings (SSSR count). The molecule has 1 aliphatic heterocycles. The largest absolute Gasteiger partial charge is 0.314 e. The fraction of sp³-hybridized carbons (Fsp3) is 1.00. The van der Waals surface area contributed by atoms with E-state index in [0.717, 1.165) is 12.1 Å². The molecule has 0 aromatic rings. The van der Waals surface area contributed by atoms with Crippen molar-refractivity contribution in [1.29, 1.82) is 0 Å². The molecule has 0 bridgehead atoms.